The fourth-order valence-corrected chi connectivity index (χ4v) is 7.74. The number of carbonyl (C=O) groups is 6. The summed E-state index contributed by atoms with van der Waals surface area (Å²) in [7, 11) is 0. The van der Waals surface area contributed by atoms with E-state index >= 15 is 0 Å². The number of aliphatic carboxylic acids is 2. The number of imide groups is 2. The molecule has 1 aromatic carbocycles. The molecule has 12 heteroatoms. The number of carboxylic acid groups (broad SMARTS) is 2. The Balaban J connectivity index is 1.42. The number of carbonyl (C=O) groups excluding carboxylic acids is 4. The Morgan fingerprint density at radius 3 is 1.91 bits per heavy atom. The Morgan fingerprint density at radius 1 is 0.750 bits per heavy atom. The number of nitrogens with zero attached hydrogens (tertiary/aromatic N) is 2. The van der Waals surface area contributed by atoms with Crippen molar-refractivity contribution < 1.29 is 48.5 Å². The molecule has 44 heavy (non-hydrogen) atoms. The van der Waals surface area contributed by atoms with Crippen LogP contribution in [0.5, 0.6) is 5.75 Å². The molecule has 3 fully saturated rings. The van der Waals surface area contributed by atoms with Crippen molar-refractivity contribution in [1.82, 2.24) is 9.80 Å². The molecule has 11 nitrogen and oxygen atoms in total. The van der Waals surface area contributed by atoms with E-state index in [0.717, 1.165) is 6.07 Å². The van der Waals surface area contributed by atoms with Crippen LogP contribution in [0.15, 0.2) is 29.8 Å². The number of rotatable bonds is 13. The molecule has 1 saturated carbocycles. The maximum atomic E-state index is 14.6. The highest BCUT2D eigenvalue weighted by molar-refractivity contribution is 6.08. The topological polar surface area (TPSA) is 170 Å². The molecule has 0 unspecified atom stereocenters. The van der Waals surface area contributed by atoms with Crippen molar-refractivity contribution in [3.8, 4) is 5.75 Å². The van der Waals surface area contributed by atoms with Crippen LogP contribution in [-0.4, -0.2) is 73.8 Å². The van der Waals surface area contributed by atoms with Crippen LogP contribution >= 0.6 is 0 Å². The van der Waals surface area contributed by atoms with Gasteiger partial charge in [-0.1, -0.05) is 36.6 Å². The summed E-state index contributed by atoms with van der Waals surface area (Å²) in [5.41, 5.74) is 0.813. The summed E-state index contributed by atoms with van der Waals surface area (Å²) >= 11 is 0. The van der Waals surface area contributed by atoms with Crippen molar-refractivity contribution in [3.05, 3.63) is 41.2 Å². The largest absolute Gasteiger partial charge is 0.505 e. The van der Waals surface area contributed by atoms with Crippen molar-refractivity contribution in [3.63, 3.8) is 0 Å². The molecule has 0 radical (unpaired) electrons. The fourth-order valence-electron chi connectivity index (χ4n) is 7.74. The van der Waals surface area contributed by atoms with Gasteiger partial charge in [-0.15, -0.1) is 0 Å². The zero-order chi connectivity index (χ0) is 31.7. The third-order valence-corrected chi connectivity index (χ3v) is 9.73. The molecule has 5 rings (SSSR count). The number of halogens is 1. The van der Waals surface area contributed by atoms with E-state index in [1.807, 2.05) is 6.08 Å². The lowest BCUT2D eigenvalue weighted by Gasteiger charge is -2.44. The van der Waals surface area contributed by atoms with Gasteiger partial charge in [0.25, 0.3) is 0 Å². The lowest BCUT2D eigenvalue weighted by molar-refractivity contribution is -0.142. The Morgan fingerprint density at radius 2 is 1.32 bits per heavy atom. The number of amides is 4. The van der Waals surface area contributed by atoms with E-state index in [4.69, 9.17) is 10.2 Å². The number of likely N-dealkylation sites (tertiary alicyclic amines) is 2. The van der Waals surface area contributed by atoms with E-state index in [0.29, 0.717) is 44.1 Å². The summed E-state index contributed by atoms with van der Waals surface area (Å²) in [6.45, 7) is 0.272. The SMILES string of the molecule is O=C(O)CCCCCN1C(=O)[C@H]2[C@H](CC=C3[C@H]2C[C@H]2C(=O)N(CCCCCC(=O)O)C(=O)[C@H]2[C@H]3c2cccc(F)c2O)C1=O. The molecular weight excluding hydrogens is 575 g/mol. The van der Waals surface area contributed by atoms with Crippen LogP contribution in [-0.2, 0) is 28.8 Å². The maximum absolute atomic E-state index is 14.6. The first-order valence-electron chi connectivity index (χ1n) is 15.3. The number of allylic oxidation sites excluding steroid dienone is 2. The minimum Gasteiger partial charge on any atom is -0.505 e. The third-order valence-electron chi connectivity index (χ3n) is 9.73. The average Bonchev–Trinajstić information content (AvgIpc) is 3.36. The number of aromatic hydroxyl groups is 1. The second-order valence-electron chi connectivity index (χ2n) is 12.3. The molecule has 0 bridgehead atoms. The summed E-state index contributed by atoms with van der Waals surface area (Å²) in [6, 6.07) is 4.04. The smallest absolute Gasteiger partial charge is 0.303 e. The van der Waals surface area contributed by atoms with E-state index in [-0.39, 0.29) is 56.2 Å². The monoisotopic (exact) mass is 612 g/mol. The van der Waals surface area contributed by atoms with E-state index in [1.165, 1.54) is 21.9 Å². The highest BCUT2D eigenvalue weighted by atomic mass is 19.1. The molecule has 0 spiro atoms. The van der Waals surface area contributed by atoms with E-state index in [2.05, 4.69) is 0 Å². The molecule has 2 saturated heterocycles. The number of hydrogen-bond acceptors (Lipinski definition) is 7. The quantitative estimate of drug-likeness (QED) is 0.172. The highest BCUT2D eigenvalue weighted by Crippen LogP contribution is 2.58. The molecule has 1 aromatic rings. The minimum absolute atomic E-state index is 0.00542. The second kappa shape index (κ2) is 12.9. The Kier molecular flexibility index (Phi) is 9.17. The van der Waals surface area contributed by atoms with Crippen molar-refractivity contribution in [2.75, 3.05) is 13.1 Å². The number of carboxylic acids is 2. The zero-order valence-corrected chi connectivity index (χ0v) is 24.3. The molecule has 236 valence electrons. The van der Waals surface area contributed by atoms with Crippen molar-refractivity contribution in [2.24, 2.45) is 29.6 Å². The maximum Gasteiger partial charge on any atom is 0.303 e. The zero-order valence-electron chi connectivity index (χ0n) is 24.3. The predicted octanol–water partition coefficient (Wildman–Crippen LogP) is 3.46. The van der Waals surface area contributed by atoms with Gasteiger partial charge in [-0.05, 0) is 50.5 Å². The fraction of sp³-hybridized carbons (Fsp3) is 0.562. The number of hydrogen-bond donors (Lipinski definition) is 3. The summed E-state index contributed by atoms with van der Waals surface area (Å²) in [6.07, 6.45) is 4.98. The third kappa shape index (κ3) is 5.73. The number of para-hydroxylation sites is 1. The van der Waals surface area contributed by atoms with Gasteiger partial charge in [-0.3, -0.25) is 38.6 Å². The lowest BCUT2D eigenvalue weighted by Crippen LogP contribution is -2.43. The number of phenols is 1. The minimum atomic E-state index is -0.923. The molecule has 2 heterocycles. The first-order valence-corrected chi connectivity index (χ1v) is 15.3. The number of fused-ring (bicyclic) bond motifs is 4. The molecular formula is C32H37FN2O9. The molecule has 4 aliphatic rings. The molecule has 4 amide bonds. The lowest BCUT2D eigenvalue weighted by atomic mass is 9.57. The van der Waals surface area contributed by atoms with E-state index < -0.39 is 70.8 Å². The summed E-state index contributed by atoms with van der Waals surface area (Å²) < 4.78 is 14.6. The molecule has 2 aliphatic carbocycles. The summed E-state index contributed by atoms with van der Waals surface area (Å²) in [5, 5.41) is 28.6. The van der Waals surface area contributed by atoms with Crippen LogP contribution in [0.25, 0.3) is 0 Å². The van der Waals surface area contributed by atoms with Gasteiger partial charge in [0.05, 0.1) is 23.7 Å². The number of benzene rings is 1. The highest BCUT2D eigenvalue weighted by Gasteiger charge is 2.62. The van der Waals surface area contributed by atoms with E-state index in [1.54, 1.807) is 0 Å². The van der Waals surface area contributed by atoms with Gasteiger partial charge >= 0.3 is 11.9 Å². The number of phenolic OH excluding ortho intramolecular Hbond substituents is 1. The normalized spacial score (nSPS) is 27.7. The van der Waals surface area contributed by atoms with Crippen LogP contribution in [0.2, 0.25) is 0 Å². The van der Waals surface area contributed by atoms with Gasteiger partial charge in [-0.2, -0.15) is 0 Å². The van der Waals surface area contributed by atoms with Crippen LogP contribution in [0.4, 0.5) is 4.39 Å². The first-order chi connectivity index (χ1) is 21.0. The Hall–Kier alpha value is -4.09. The van der Waals surface area contributed by atoms with Gasteiger partial charge in [-0.25, -0.2) is 4.39 Å². The second-order valence-corrected chi connectivity index (χ2v) is 12.3. The molecule has 2 aliphatic heterocycles. The summed E-state index contributed by atoms with van der Waals surface area (Å²) in [5.74, 6) is -9.40. The predicted molar refractivity (Wildman–Crippen MR) is 151 cm³/mol. The summed E-state index contributed by atoms with van der Waals surface area (Å²) in [4.78, 5) is 78.8. The Bertz CT molecular complexity index is 1410. The van der Waals surface area contributed by atoms with Crippen molar-refractivity contribution in [2.45, 2.75) is 70.1 Å². The van der Waals surface area contributed by atoms with Crippen LogP contribution in [0.1, 0.15) is 75.7 Å². The molecule has 6 atom stereocenters. The van der Waals surface area contributed by atoms with Crippen LogP contribution in [0, 0.1) is 35.4 Å². The van der Waals surface area contributed by atoms with Crippen LogP contribution < -0.4 is 0 Å². The van der Waals surface area contributed by atoms with Gasteiger partial charge in [0.15, 0.2) is 11.6 Å². The van der Waals surface area contributed by atoms with Gasteiger partial charge in [0, 0.05) is 37.4 Å². The number of unbranched alkanes of at least 4 members (excludes halogenated alkanes) is 4. The first kappa shape index (κ1) is 31.3. The molecule has 3 N–H and O–H groups in total. The average molecular weight is 613 g/mol. The van der Waals surface area contributed by atoms with Gasteiger partial charge in [0.1, 0.15) is 0 Å². The standard InChI is InChI=1S/C32H37FN2O9/c33-22-9-7-8-18(28(22)40)25-17-12-13-19-26(31(43)34(29(19)41)14-5-1-3-10-23(36)37)20(17)16-21-27(25)32(44)35(30(21)42)15-6-2-4-11-24(38)39/h7-9,12,19-21,25-27,40H,1-6,10-11,13-16H2,(H,36,37)(H,38,39)/t19-,20+,21+,25+,26-,27+/m0/s1. The van der Waals surface area contributed by atoms with Crippen molar-refractivity contribution >= 4 is 35.6 Å². The van der Waals surface area contributed by atoms with Gasteiger partial charge in [0.2, 0.25) is 23.6 Å². The van der Waals surface area contributed by atoms with Crippen LogP contribution in [0.3, 0.4) is 0 Å². The molecule has 0 aromatic heterocycles. The van der Waals surface area contributed by atoms with Gasteiger partial charge < -0.3 is 15.3 Å². The van der Waals surface area contributed by atoms with E-state index in [9.17, 15) is 38.3 Å². The Labute approximate surface area is 253 Å². The van der Waals surface area contributed by atoms with Crippen molar-refractivity contribution in [1.29, 1.82) is 0 Å².